The fourth-order valence-corrected chi connectivity index (χ4v) is 2.05. The molecule has 0 aromatic carbocycles. The van der Waals surface area contributed by atoms with Crippen molar-refractivity contribution in [2.45, 2.75) is 39.3 Å². The second-order valence-electron chi connectivity index (χ2n) is 4.22. The van der Waals surface area contributed by atoms with E-state index in [1.165, 1.54) is 0 Å². The van der Waals surface area contributed by atoms with E-state index in [0.717, 1.165) is 12.8 Å². The average Bonchev–Trinajstić information content (AvgIpc) is 2.33. The van der Waals surface area contributed by atoms with E-state index in [2.05, 4.69) is 24.1 Å². The molecule has 1 heterocycles. The molecule has 0 radical (unpaired) electrons. The maximum atomic E-state index is 14.2. The highest BCUT2D eigenvalue weighted by Crippen LogP contribution is 2.22. The lowest BCUT2D eigenvalue weighted by molar-refractivity contribution is 0.548. The summed E-state index contributed by atoms with van der Waals surface area (Å²) in [5, 5.41) is 2.96. The van der Waals surface area contributed by atoms with Crippen LogP contribution in [0.3, 0.4) is 0 Å². The topological polar surface area (TPSA) is 28.2 Å². The number of hydrogen-bond acceptors (Lipinski definition) is 3. The van der Waals surface area contributed by atoms with Gasteiger partial charge in [-0.2, -0.15) is 0 Å². The number of aromatic nitrogens is 1. The summed E-state index contributed by atoms with van der Waals surface area (Å²) in [4.78, 5) is 6.10. The molecule has 0 amide bonds. The lowest BCUT2D eigenvalue weighted by Gasteiger charge is -2.28. The minimum absolute atomic E-state index is 0.212. The van der Waals surface area contributed by atoms with Gasteiger partial charge in [0.1, 0.15) is 0 Å². The molecular formula is C13H22FN3. The number of halogens is 1. The van der Waals surface area contributed by atoms with Crippen LogP contribution in [0.2, 0.25) is 0 Å². The zero-order valence-electron chi connectivity index (χ0n) is 11.1. The van der Waals surface area contributed by atoms with Crippen LogP contribution in [0.4, 0.5) is 10.2 Å². The predicted molar refractivity (Wildman–Crippen MR) is 69.7 cm³/mol. The van der Waals surface area contributed by atoms with Gasteiger partial charge in [-0.05, 0) is 26.0 Å². The van der Waals surface area contributed by atoms with Gasteiger partial charge in [0.2, 0.25) is 0 Å². The Kier molecular flexibility index (Phi) is 5.35. The molecule has 0 aliphatic carbocycles. The number of pyridine rings is 1. The number of rotatable bonds is 6. The highest BCUT2D eigenvalue weighted by Gasteiger charge is 2.18. The van der Waals surface area contributed by atoms with Gasteiger partial charge in [-0.1, -0.05) is 13.8 Å². The van der Waals surface area contributed by atoms with E-state index in [0.29, 0.717) is 24.0 Å². The van der Waals surface area contributed by atoms with Crippen LogP contribution in [0.5, 0.6) is 0 Å². The van der Waals surface area contributed by atoms with Gasteiger partial charge < -0.3 is 10.2 Å². The molecule has 0 saturated carbocycles. The molecule has 0 unspecified atom stereocenters. The van der Waals surface area contributed by atoms with Gasteiger partial charge in [0.15, 0.2) is 11.6 Å². The van der Waals surface area contributed by atoms with Crippen LogP contribution in [0, 0.1) is 5.82 Å². The molecule has 1 rings (SSSR count). The summed E-state index contributed by atoms with van der Waals surface area (Å²) in [6, 6.07) is 2.05. The summed E-state index contributed by atoms with van der Waals surface area (Å²) in [5.41, 5.74) is 0.662. The largest absolute Gasteiger partial charge is 0.354 e. The van der Waals surface area contributed by atoms with Crippen molar-refractivity contribution in [3.63, 3.8) is 0 Å². The second-order valence-corrected chi connectivity index (χ2v) is 4.22. The molecule has 0 saturated heterocycles. The Bertz CT molecular complexity index is 351. The van der Waals surface area contributed by atoms with Crippen molar-refractivity contribution < 1.29 is 4.39 Å². The summed E-state index contributed by atoms with van der Waals surface area (Å²) in [6.07, 6.45) is 3.65. The van der Waals surface area contributed by atoms with Gasteiger partial charge in [-0.25, -0.2) is 9.37 Å². The van der Waals surface area contributed by atoms with E-state index in [1.54, 1.807) is 12.3 Å². The summed E-state index contributed by atoms with van der Waals surface area (Å²) in [5.74, 6) is 0.239. The van der Waals surface area contributed by atoms with Crippen molar-refractivity contribution in [3.8, 4) is 0 Å². The second kappa shape index (κ2) is 6.55. The molecule has 0 aliphatic rings. The van der Waals surface area contributed by atoms with E-state index < -0.39 is 0 Å². The van der Waals surface area contributed by atoms with Crippen LogP contribution in [0.1, 0.15) is 32.3 Å². The van der Waals surface area contributed by atoms with E-state index in [-0.39, 0.29) is 5.82 Å². The Labute approximate surface area is 103 Å². The number of nitrogens with one attached hydrogen (secondary N) is 1. The normalized spacial score (nSPS) is 10.9. The van der Waals surface area contributed by atoms with Crippen molar-refractivity contribution in [2.24, 2.45) is 0 Å². The Hall–Kier alpha value is -1.16. The van der Waals surface area contributed by atoms with E-state index >= 15 is 0 Å². The lowest BCUT2D eigenvalue weighted by Crippen LogP contribution is -2.32. The number of anilines is 1. The molecule has 1 aromatic rings. The third kappa shape index (κ3) is 3.16. The van der Waals surface area contributed by atoms with Crippen LogP contribution in [-0.2, 0) is 6.54 Å². The standard InChI is InChI=1S/C13H22FN3/c1-5-11(6-2)17(4)13-12(14)10(9-15-3)7-8-16-13/h7-8,11,15H,5-6,9H2,1-4H3. The molecule has 0 spiro atoms. The van der Waals surface area contributed by atoms with Crippen molar-refractivity contribution in [1.29, 1.82) is 0 Å². The fourth-order valence-electron chi connectivity index (χ4n) is 2.05. The van der Waals surface area contributed by atoms with Gasteiger partial charge in [0.05, 0.1) is 0 Å². The van der Waals surface area contributed by atoms with Gasteiger partial charge >= 0.3 is 0 Å². The first-order chi connectivity index (χ1) is 8.15. The van der Waals surface area contributed by atoms with Crippen LogP contribution < -0.4 is 10.2 Å². The summed E-state index contributed by atoms with van der Waals surface area (Å²) in [6.45, 7) is 4.75. The SMILES string of the molecule is CCC(CC)N(C)c1nccc(CNC)c1F. The maximum Gasteiger partial charge on any atom is 0.170 e. The monoisotopic (exact) mass is 239 g/mol. The summed E-state index contributed by atoms with van der Waals surface area (Å²) < 4.78 is 14.2. The van der Waals surface area contributed by atoms with Crippen LogP contribution in [-0.4, -0.2) is 25.1 Å². The lowest BCUT2D eigenvalue weighted by atomic mass is 10.1. The molecule has 0 bridgehead atoms. The quantitative estimate of drug-likeness (QED) is 0.827. The Morgan fingerprint density at radius 1 is 1.41 bits per heavy atom. The first kappa shape index (κ1) is 13.9. The summed E-state index contributed by atoms with van der Waals surface area (Å²) in [7, 11) is 3.72. The van der Waals surface area contributed by atoms with Crippen molar-refractivity contribution in [2.75, 3.05) is 19.0 Å². The Morgan fingerprint density at radius 3 is 2.59 bits per heavy atom. The van der Waals surface area contributed by atoms with E-state index in [9.17, 15) is 4.39 Å². The average molecular weight is 239 g/mol. The maximum absolute atomic E-state index is 14.2. The Morgan fingerprint density at radius 2 is 2.06 bits per heavy atom. The van der Waals surface area contributed by atoms with Crippen molar-refractivity contribution in [1.82, 2.24) is 10.3 Å². The molecule has 0 fully saturated rings. The molecule has 3 nitrogen and oxygen atoms in total. The molecular weight excluding hydrogens is 217 g/mol. The highest BCUT2D eigenvalue weighted by atomic mass is 19.1. The molecule has 0 atom stereocenters. The zero-order valence-corrected chi connectivity index (χ0v) is 11.1. The third-order valence-electron chi connectivity index (χ3n) is 3.14. The molecule has 96 valence electrons. The van der Waals surface area contributed by atoms with Crippen molar-refractivity contribution in [3.05, 3.63) is 23.6 Å². The molecule has 17 heavy (non-hydrogen) atoms. The van der Waals surface area contributed by atoms with E-state index in [4.69, 9.17) is 0 Å². The van der Waals surface area contributed by atoms with E-state index in [1.807, 2.05) is 19.0 Å². The number of nitrogens with zero attached hydrogens (tertiary/aromatic N) is 2. The fraction of sp³-hybridized carbons (Fsp3) is 0.615. The van der Waals surface area contributed by atoms with Gasteiger partial charge in [0.25, 0.3) is 0 Å². The van der Waals surface area contributed by atoms with Gasteiger partial charge in [0, 0.05) is 31.4 Å². The minimum atomic E-state index is -0.212. The van der Waals surface area contributed by atoms with Crippen molar-refractivity contribution >= 4 is 5.82 Å². The molecule has 4 heteroatoms. The predicted octanol–water partition coefficient (Wildman–Crippen LogP) is 2.56. The molecule has 1 N–H and O–H groups in total. The number of hydrogen-bond donors (Lipinski definition) is 1. The van der Waals surface area contributed by atoms with Gasteiger partial charge in [-0.3, -0.25) is 0 Å². The smallest absolute Gasteiger partial charge is 0.170 e. The Balaban J connectivity index is 3.00. The summed E-state index contributed by atoms with van der Waals surface area (Å²) >= 11 is 0. The first-order valence-electron chi connectivity index (χ1n) is 6.16. The third-order valence-corrected chi connectivity index (χ3v) is 3.14. The van der Waals surface area contributed by atoms with Gasteiger partial charge in [-0.15, -0.1) is 0 Å². The minimum Gasteiger partial charge on any atom is -0.354 e. The van der Waals surface area contributed by atoms with Crippen LogP contribution in [0.25, 0.3) is 0 Å². The molecule has 1 aromatic heterocycles. The highest BCUT2D eigenvalue weighted by molar-refractivity contribution is 5.43. The van der Waals surface area contributed by atoms with Crippen LogP contribution >= 0.6 is 0 Å². The first-order valence-corrected chi connectivity index (χ1v) is 6.16. The molecule has 0 aliphatic heterocycles. The van der Waals surface area contributed by atoms with Crippen LogP contribution in [0.15, 0.2) is 12.3 Å². The zero-order chi connectivity index (χ0) is 12.8.